The summed E-state index contributed by atoms with van der Waals surface area (Å²) < 4.78 is 0. The number of pyridine rings is 1. The third kappa shape index (κ3) is 3.85. The molecule has 0 spiro atoms. The van der Waals surface area contributed by atoms with Gasteiger partial charge in [-0.3, -0.25) is 10.1 Å². The van der Waals surface area contributed by atoms with Gasteiger partial charge >= 0.3 is 0 Å². The molecule has 1 amide bonds. The molecule has 1 N–H and O–H groups in total. The van der Waals surface area contributed by atoms with Crippen LogP contribution in [0.2, 0.25) is 0 Å². The molecule has 138 valence electrons. The van der Waals surface area contributed by atoms with Crippen molar-refractivity contribution in [3.05, 3.63) is 58.6 Å². The third-order valence-electron chi connectivity index (χ3n) is 4.78. The number of carbonyl (C=O) groups excluding carboxylic acids is 1. The molecule has 3 heterocycles. The monoisotopic (exact) mass is 378 g/mol. The zero-order valence-corrected chi connectivity index (χ0v) is 16.3. The average Bonchev–Trinajstić information content (AvgIpc) is 3.33. The lowest BCUT2D eigenvalue weighted by atomic mass is 10.1. The van der Waals surface area contributed by atoms with E-state index in [4.69, 9.17) is 0 Å². The van der Waals surface area contributed by atoms with Gasteiger partial charge in [-0.1, -0.05) is 29.8 Å². The highest BCUT2D eigenvalue weighted by atomic mass is 32.1. The van der Waals surface area contributed by atoms with Crippen molar-refractivity contribution in [3.63, 3.8) is 0 Å². The summed E-state index contributed by atoms with van der Waals surface area (Å²) in [5.41, 5.74) is 3.73. The number of aryl methyl sites for hydroxylation is 2. The Kier molecular flexibility index (Phi) is 4.90. The van der Waals surface area contributed by atoms with Gasteiger partial charge in [-0.2, -0.15) is 0 Å². The third-order valence-corrected chi connectivity index (χ3v) is 5.67. The topological polar surface area (TPSA) is 58.1 Å². The quantitative estimate of drug-likeness (QED) is 0.716. The fourth-order valence-corrected chi connectivity index (χ4v) is 4.08. The molecule has 3 aromatic rings. The largest absolute Gasteiger partial charge is 0.357 e. The molecule has 0 bridgehead atoms. The van der Waals surface area contributed by atoms with E-state index in [-0.39, 0.29) is 5.91 Å². The minimum absolute atomic E-state index is 0.181. The van der Waals surface area contributed by atoms with E-state index in [1.54, 1.807) is 6.20 Å². The molecule has 1 aromatic carbocycles. The van der Waals surface area contributed by atoms with Gasteiger partial charge in [0.1, 0.15) is 5.82 Å². The number of thiazole rings is 1. The lowest BCUT2D eigenvalue weighted by Gasteiger charge is -2.15. The van der Waals surface area contributed by atoms with Crippen LogP contribution in [0.25, 0.3) is 11.3 Å². The maximum atomic E-state index is 12.6. The van der Waals surface area contributed by atoms with Crippen molar-refractivity contribution in [1.29, 1.82) is 0 Å². The first-order valence-corrected chi connectivity index (χ1v) is 9.98. The predicted octanol–water partition coefficient (Wildman–Crippen LogP) is 4.67. The second kappa shape index (κ2) is 7.48. The summed E-state index contributed by atoms with van der Waals surface area (Å²) >= 11 is 1.49. The predicted molar refractivity (Wildman–Crippen MR) is 111 cm³/mol. The highest BCUT2D eigenvalue weighted by Crippen LogP contribution is 2.30. The minimum atomic E-state index is -0.181. The Morgan fingerprint density at radius 3 is 2.48 bits per heavy atom. The number of aromatic nitrogens is 2. The van der Waals surface area contributed by atoms with Crippen LogP contribution >= 0.6 is 11.3 Å². The lowest BCUT2D eigenvalue weighted by molar-refractivity contribution is 0.102. The van der Waals surface area contributed by atoms with E-state index in [0.29, 0.717) is 10.7 Å². The number of benzene rings is 1. The van der Waals surface area contributed by atoms with E-state index in [9.17, 15) is 4.79 Å². The number of nitrogens with one attached hydrogen (secondary N) is 1. The number of nitrogens with zero attached hydrogens (tertiary/aromatic N) is 3. The second-order valence-corrected chi connectivity index (χ2v) is 8.05. The van der Waals surface area contributed by atoms with Crippen LogP contribution < -0.4 is 10.2 Å². The molecule has 0 unspecified atom stereocenters. The standard InChI is InChI=1S/C21H22N4OS/c1-14-5-7-16(8-6-14)19-15(2)27-21(23-19)24-20(26)17-9-10-18(22-13-17)25-11-3-4-12-25/h5-10,13H,3-4,11-12H2,1-2H3,(H,23,24,26). The van der Waals surface area contributed by atoms with Crippen LogP contribution in [0, 0.1) is 13.8 Å². The molecule has 4 rings (SSSR count). The number of hydrogen-bond donors (Lipinski definition) is 1. The summed E-state index contributed by atoms with van der Waals surface area (Å²) in [7, 11) is 0. The van der Waals surface area contributed by atoms with Crippen molar-refractivity contribution in [2.75, 3.05) is 23.3 Å². The summed E-state index contributed by atoms with van der Waals surface area (Å²) in [4.78, 5) is 24.9. The van der Waals surface area contributed by atoms with Crippen molar-refractivity contribution < 1.29 is 4.79 Å². The molecular formula is C21H22N4OS. The molecule has 6 heteroatoms. The molecule has 1 aliphatic rings. The van der Waals surface area contributed by atoms with E-state index in [0.717, 1.165) is 35.0 Å². The van der Waals surface area contributed by atoms with Crippen molar-refractivity contribution in [2.24, 2.45) is 0 Å². The van der Waals surface area contributed by atoms with Gasteiger partial charge in [-0.05, 0) is 38.8 Å². The Morgan fingerprint density at radius 2 is 1.81 bits per heavy atom. The van der Waals surface area contributed by atoms with E-state index < -0.39 is 0 Å². The van der Waals surface area contributed by atoms with E-state index >= 15 is 0 Å². The Labute approximate surface area is 163 Å². The number of carbonyl (C=O) groups is 1. The molecule has 0 radical (unpaired) electrons. The number of rotatable bonds is 4. The molecule has 1 aliphatic heterocycles. The highest BCUT2D eigenvalue weighted by Gasteiger charge is 2.16. The highest BCUT2D eigenvalue weighted by molar-refractivity contribution is 7.16. The molecule has 0 atom stereocenters. The minimum Gasteiger partial charge on any atom is -0.357 e. The smallest absolute Gasteiger partial charge is 0.259 e. The van der Waals surface area contributed by atoms with Gasteiger partial charge in [-0.25, -0.2) is 9.97 Å². The Morgan fingerprint density at radius 1 is 1.07 bits per heavy atom. The SMILES string of the molecule is Cc1ccc(-c2nc(NC(=O)c3ccc(N4CCCC4)nc3)sc2C)cc1. The van der Waals surface area contributed by atoms with Crippen LogP contribution in [0.15, 0.2) is 42.6 Å². The zero-order chi connectivity index (χ0) is 18.8. The van der Waals surface area contributed by atoms with Crippen LogP contribution in [0.3, 0.4) is 0 Å². The second-order valence-electron chi connectivity index (χ2n) is 6.84. The van der Waals surface area contributed by atoms with Gasteiger partial charge in [0.25, 0.3) is 5.91 Å². The summed E-state index contributed by atoms with van der Waals surface area (Å²) in [6.45, 7) is 6.17. The molecule has 0 saturated carbocycles. The Hall–Kier alpha value is -2.73. The lowest BCUT2D eigenvalue weighted by Crippen LogP contribution is -2.19. The molecule has 27 heavy (non-hydrogen) atoms. The summed E-state index contributed by atoms with van der Waals surface area (Å²) in [5.74, 6) is 0.760. The molecule has 1 saturated heterocycles. The van der Waals surface area contributed by atoms with Crippen molar-refractivity contribution in [2.45, 2.75) is 26.7 Å². The van der Waals surface area contributed by atoms with Crippen molar-refractivity contribution in [3.8, 4) is 11.3 Å². The molecule has 1 fully saturated rings. The maximum Gasteiger partial charge on any atom is 0.259 e. The Balaban J connectivity index is 1.48. The maximum absolute atomic E-state index is 12.6. The molecule has 2 aromatic heterocycles. The van der Waals surface area contributed by atoms with Gasteiger partial charge in [0.15, 0.2) is 5.13 Å². The fourth-order valence-electron chi connectivity index (χ4n) is 3.25. The summed E-state index contributed by atoms with van der Waals surface area (Å²) in [5, 5.41) is 3.51. The summed E-state index contributed by atoms with van der Waals surface area (Å²) in [6.07, 6.45) is 4.05. The van der Waals surface area contributed by atoms with Crippen LogP contribution in [-0.2, 0) is 0 Å². The number of amides is 1. The van der Waals surface area contributed by atoms with Crippen molar-refractivity contribution >= 4 is 28.2 Å². The fraction of sp³-hybridized carbons (Fsp3) is 0.286. The van der Waals surface area contributed by atoms with Gasteiger partial charge in [0.05, 0.1) is 11.3 Å². The van der Waals surface area contributed by atoms with Gasteiger partial charge in [0, 0.05) is 29.7 Å². The van der Waals surface area contributed by atoms with Gasteiger partial charge in [-0.15, -0.1) is 11.3 Å². The number of hydrogen-bond acceptors (Lipinski definition) is 5. The number of anilines is 2. The van der Waals surface area contributed by atoms with Crippen LogP contribution in [0.5, 0.6) is 0 Å². The van der Waals surface area contributed by atoms with Crippen molar-refractivity contribution in [1.82, 2.24) is 9.97 Å². The van der Waals surface area contributed by atoms with Crippen LogP contribution in [0.1, 0.15) is 33.6 Å². The first-order valence-electron chi connectivity index (χ1n) is 9.17. The van der Waals surface area contributed by atoms with E-state index in [1.165, 1.54) is 29.7 Å². The van der Waals surface area contributed by atoms with Crippen LogP contribution in [0.4, 0.5) is 10.9 Å². The first-order chi connectivity index (χ1) is 13.1. The molecule has 0 aliphatic carbocycles. The first kappa shape index (κ1) is 17.7. The van der Waals surface area contributed by atoms with E-state index in [1.807, 2.05) is 19.1 Å². The average molecular weight is 379 g/mol. The van der Waals surface area contributed by atoms with Gasteiger partial charge < -0.3 is 4.90 Å². The molecular weight excluding hydrogens is 356 g/mol. The van der Waals surface area contributed by atoms with Gasteiger partial charge in [0.2, 0.25) is 0 Å². The molecule has 5 nitrogen and oxygen atoms in total. The van der Waals surface area contributed by atoms with Crippen LogP contribution in [-0.4, -0.2) is 29.0 Å². The normalized spacial score (nSPS) is 13.8. The zero-order valence-electron chi connectivity index (χ0n) is 15.5. The van der Waals surface area contributed by atoms with E-state index in [2.05, 4.69) is 51.4 Å². The Bertz CT molecular complexity index is 941. The summed E-state index contributed by atoms with van der Waals surface area (Å²) in [6, 6.07) is 12.0.